The highest BCUT2D eigenvalue weighted by Gasteiger charge is 2.28. The van der Waals surface area contributed by atoms with Crippen LogP contribution in [0.4, 0.5) is 0 Å². The lowest BCUT2D eigenvalue weighted by Crippen LogP contribution is -2.51. The molecule has 1 aliphatic heterocycles. The molecule has 0 saturated carbocycles. The van der Waals surface area contributed by atoms with Crippen molar-refractivity contribution in [2.45, 2.75) is 32.0 Å². The molecular weight excluding hydrogens is 344 g/mol. The highest BCUT2D eigenvalue weighted by atomic mass is 79.9. The molecule has 112 valence electrons. The molecule has 2 aromatic rings. The molecule has 0 spiro atoms. The van der Waals surface area contributed by atoms with Crippen LogP contribution in [0.25, 0.3) is 0 Å². The Morgan fingerprint density at radius 1 is 1.29 bits per heavy atom. The minimum atomic E-state index is 0.461. The van der Waals surface area contributed by atoms with Gasteiger partial charge in [-0.2, -0.15) is 0 Å². The lowest BCUT2D eigenvalue weighted by atomic mass is 10.00. The van der Waals surface area contributed by atoms with Gasteiger partial charge in [-0.1, -0.05) is 37.3 Å². The van der Waals surface area contributed by atoms with E-state index in [4.69, 9.17) is 0 Å². The molecule has 2 heterocycles. The fourth-order valence-corrected chi connectivity index (χ4v) is 4.46. The number of halogens is 1. The van der Waals surface area contributed by atoms with Crippen LogP contribution in [0.5, 0.6) is 0 Å². The van der Waals surface area contributed by atoms with Crippen molar-refractivity contribution in [2.75, 3.05) is 13.1 Å². The lowest BCUT2D eigenvalue weighted by Gasteiger charge is -2.40. The highest BCUT2D eigenvalue weighted by molar-refractivity contribution is 9.10. The van der Waals surface area contributed by atoms with Gasteiger partial charge in [0.05, 0.1) is 0 Å². The molecule has 0 amide bonds. The van der Waals surface area contributed by atoms with Crippen molar-refractivity contribution in [3.8, 4) is 0 Å². The van der Waals surface area contributed by atoms with Crippen LogP contribution < -0.4 is 5.32 Å². The van der Waals surface area contributed by atoms with E-state index in [1.165, 1.54) is 21.3 Å². The third-order valence-electron chi connectivity index (χ3n) is 4.21. The summed E-state index contributed by atoms with van der Waals surface area (Å²) in [5.41, 5.74) is 1.41. The van der Waals surface area contributed by atoms with Gasteiger partial charge in [-0.25, -0.2) is 0 Å². The normalized spacial score (nSPS) is 23.3. The van der Waals surface area contributed by atoms with E-state index in [-0.39, 0.29) is 0 Å². The molecular formula is C17H21BrN2S. The summed E-state index contributed by atoms with van der Waals surface area (Å²) in [7, 11) is 0. The van der Waals surface area contributed by atoms with Gasteiger partial charge in [-0.15, -0.1) is 11.3 Å². The predicted molar refractivity (Wildman–Crippen MR) is 93.7 cm³/mol. The second-order valence-electron chi connectivity index (χ2n) is 5.56. The molecule has 2 atom stereocenters. The van der Waals surface area contributed by atoms with E-state index in [0.717, 1.165) is 19.6 Å². The quantitative estimate of drug-likeness (QED) is 0.862. The maximum absolute atomic E-state index is 3.69. The number of hydrogen-bond donors (Lipinski definition) is 1. The van der Waals surface area contributed by atoms with Crippen LogP contribution in [0.15, 0.2) is 46.3 Å². The van der Waals surface area contributed by atoms with Gasteiger partial charge >= 0.3 is 0 Å². The van der Waals surface area contributed by atoms with Crippen molar-refractivity contribution < 1.29 is 0 Å². The summed E-state index contributed by atoms with van der Waals surface area (Å²) < 4.78 is 1.24. The van der Waals surface area contributed by atoms with E-state index in [2.05, 4.69) is 74.8 Å². The van der Waals surface area contributed by atoms with Crippen LogP contribution in [0, 0.1) is 0 Å². The number of hydrogen-bond acceptors (Lipinski definition) is 3. The molecule has 1 aromatic heterocycles. The smallest absolute Gasteiger partial charge is 0.0477 e. The molecule has 1 saturated heterocycles. The Bertz CT molecular complexity index is 569. The number of rotatable bonds is 4. The summed E-state index contributed by atoms with van der Waals surface area (Å²) >= 11 is 5.51. The zero-order chi connectivity index (χ0) is 14.7. The summed E-state index contributed by atoms with van der Waals surface area (Å²) in [6.07, 6.45) is 1.18. The van der Waals surface area contributed by atoms with Gasteiger partial charge in [0.2, 0.25) is 0 Å². The van der Waals surface area contributed by atoms with Crippen molar-refractivity contribution in [3.63, 3.8) is 0 Å². The standard InChI is InChI=1S/C17H21BrN2S/c1-2-14-11-20(12-17-15(18)8-9-21-17)16(10-19-14)13-6-4-3-5-7-13/h3-9,14,16,19H,2,10-12H2,1H3. The van der Waals surface area contributed by atoms with Gasteiger partial charge in [-0.05, 0) is 39.4 Å². The van der Waals surface area contributed by atoms with Crippen molar-refractivity contribution in [1.29, 1.82) is 0 Å². The number of nitrogens with one attached hydrogen (secondary N) is 1. The van der Waals surface area contributed by atoms with Crippen LogP contribution in [0.2, 0.25) is 0 Å². The minimum Gasteiger partial charge on any atom is -0.311 e. The Balaban J connectivity index is 1.82. The van der Waals surface area contributed by atoms with Crippen molar-refractivity contribution in [1.82, 2.24) is 10.2 Å². The van der Waals surface area contributed by atoms with Crippen LogP contribution in [-0.2, 0) is 6.54 Å². The summed E-state index contributed by atoms with van der Waals surface area (Å²) in [6.45, 7) is 5.43. The van der Waals surface area contributed by atoms with Gasteiger partial charge in [0.15, 0.2) is 0 Å². The molecule has 21 heavy (non-hydrogen) atoms. The summed E-state index contributed by atoms with van der Waals surface area (Å²) in [5, 5.41) is 5.85. The van der Waals surface area contributed by atoms with Gasteiger partial charge in [0.1, 0.15) is 0 Å². The van der Waals surface area contributed by atoms with E-state index < -0.39 is 0 Å². The molecule has 3 rings (SSSR count). The Hall–Kier alpha value is -0.680. The molecule has 1 aliphatic rings. The zero-order valence-corrected chi connectivity index (χ0v) is 14.7. The molecule has 2 unspecified atom stereocenters. The van der Waals surface area contributed by atoms with Gasteiger partial charge in [0.25, 0.3) is 0 Å². The van der Waals surface area contributed by atoms with Gasteiger partial charge in [0, 0.05) is 41.1 Å². The second-order valence-corrected chi connectivity index (χ2v) is 7.42. The molecule has 1 aromatic carbocycles. The maximum Gasteiger partial charge on any atom is 0.0477 e. The highest BCUT2D eigenvalue weighted by Crippen LogP contribution is 2.30. The van der Waals surface area contributed by atoms with Crippen molar-refractivity contribution in [2.24, 2.45) is 0 Å². The number of piperazine rings is 1. The van der Waals surface area contributed by atoms with E-state index in [9.17, 15) is 0 Å². The Labute approximate surface area is 139 Å². The molecule has 4 heteroatoms. The van der Waals surface area contributed by atoms with E-state index in [0.29, 0.717) is 12.1 Å². The summed E-state index contributed by atoms with van der Waals surface area (Å²) in [4.78, 5) is 4.05. The second kappa shape index (κ2) is 7.05. The average molecular weight is 365 g/mol. The zero-order valence-electron chi connectivity index (χ0n) is 12.3. The fourth-order valence-electron chi connectivity index (χ4n) is 2.96. The van der Waals surface area contributed by atoms with Gasteiger partial charge < -0.3 is 5.32 Å². The SMILES string of the molecule is CCC1CN(Cc2sccc2Br)C(c2ccccc2)CN1. The largest absolute Gasteiger partial charge is 0.311 e. The van der Waals surface area contributed by atoms with Crippen LogP contribution >= 0.6 is 27.3 Å². The number of nitrogens with zero attached hydrogens (tertiary/aromatic N) is 1. The lowest BCUT2D eigenvalue weighted by molar-refractivity contribution is 0.122. The first-order valence-corrected chi connectivity index (χ1v) is 9.19. The van der Waals surface area contributed by atoms with Crippen LogP contribution in [0.3, 0.4) is 0 Å². The molecule has 1 fully saturated rings. The first-order chi connectivity index (χ1) is 10.3. The predicted octanol–water partition coefficient (Wildman–Crippen LogP) is 4.44. The Morgan fingerprint density at radius 3 is 2.76 bits per heavy atom. The van der Waals surface area contributed by atoms with E-state index >= 15 is 0 Å². The fraction of sp³-hybridized carbons (Fsp3) is 0.412. The molecule has 1 N–H and O–H groups in total. The maximum atomic E-state index is 3.69. The minimum absolute atomic E-state index is 0.461. The Morgan fingerprint density at radius 2 is 2.10 bits per heavy atom. The summed E-state index contributed by atoms with van der Waals surface area (Å²) in [5.74, 6) is 0. The van der Waals surface area contributed by atoms with Crippen molar-refractivity contribution >= 4 is 27.3 Å². The number of benzene rings is 1. The van der Waals surface area contributed by atoms with Crippen LogP contribution in [-0.4, -0.2) is 24.0 Å². The third kappa shape index (κ3) is 3.57. The average Bonchev–Trinajstić information content (AvgIpc) is 2.93. The van der Waals surface area contributed by atoms with Gasteiger partial charge in [-0.3, -0.25) is 4.90 Å². The first-order valence-electron chi connectivity index (χ1n) is 7.52. The molecule has 2 nitrogen and oxygen atoms in total. The van der Waals surface area contributed by atoms with E-state index in [1.54, 1.807) is 0 Å². The van der Waals surface area contributed by atoms with Crippen molar-refractivity contribution in [3.05, 3.63) is 56.7 Å². The number of thiophene rings is 1. The van der Waals surface area contributed by atoms with Crippen LogP contribution in [0.1, 0.15) is 29.8 Å². The summed E-state index contributed by atoms with van der Waals surface area (Å²) in [6, 6.07) is 14.1. The monoisotopic (exact) mass is 364 g/mol. The topological polar surface area (TPSA) is 15.3 Å². The Kier molecular flexibility index (Phi) is 5.11. The first kappa shape index (κ1) is 15.2. The molecule has 0 bridgehead atoms. The molecule has 0 radical (unpaired) electrons. The molecule has 0 aliphatic carbocycles. The third-order valence-corrected chi connectivity index (χ3v) is 6.12. The van der Waals surface area contributed by atoms with E-state index in [1.807, 2.05) is 11.3 Å².